The molecule has 0 bridgehead atoms. The molecule has 0 aliphatic carbocycles. The summed E-state index contributed by atoms with van der Waals surface area (Å²) < 4.78 is 28.1. The third-order valence-corrected chi connectivity index (χ3v) is 5.11. The molecule has 1 aromatic carbocycles. The van der Waals surface area contributed by atoms with Crippen molar-refractivity contribution in [2.75, 3.05) is 23.8 Å². The van der Waals surface area contributed by atoms with Gasteiger partial charge in [-0.3, -0.25) is 4.79 Å². The van der Waals surface area contributed by atoms with Crippen LogP contribution >= 0.6 is 0 Å². The van der Waals surface area contributed by atoms with Crippen LogP contribution in [0.25, 0.3) is 0 Å². The van der Waals surface area contributed by atoms with Crippen molar-refractivity contribution in [3.8, 4) is 5.75 Å². The normalized spacial score (nSPS) is 18.1. The molecule has 1 aromatic rings. The van der Waals surface area contributed by atoms with Gasteiger partial charge in [-0.05, 0) is 31.9 Å². The number of anilines is 1. The van der Waals surface area contributed by atoms with Crippen LogP contribution in [0, 0.1) is 0 Å². The monoisotopic (exact) mass is 312 g/mol. The fourth-order valence-corrected chi connectivity index (χ4v) is 3.80. The molecule has 1 fully saturated rings. The molecule has 116 valence electrons. The van der Waals surface area contributed by atoms with Gasteiger partial charge in [0.05, 0.1) is 18.1 Å². The first-order chi connectivity index (χ1) is 9.89. The highest BCUT2D eigenvalue weighted by molar-refractivity contribution is 7.91. The predicted molar refractivity (Wildman–Crippen MR) is 81.2 cm³/mol. The second-order valence-electron chi connectivity index (χ2n) is 5.12. The summed E-state index contributed by atoms with van der Waals surface area (Å²) in [6.45, 7) is 2.34. The van der Waals surface area contributed by atoms with Gasteiger partial charge in [0.1, 0.15) is 15.6 Å². The van der Waals surface area contributed by atoms with Crippen LogP contribution in [0.3, 0.4) is 0 Å². The topological polar surface area (TPSA) is 98.5 Å². The maximum Gasteiger partial charge on any atom is 0.251 e. The molecular formula is C14H20N2O4S. The Labute approximate surface area is 124 Å². The number of carbonyl (C=O) groups excluding carboxylic acids is 1. The van der Waals surface area contributed by atoms with Gasteiger partial charge < -0.3 is 15.8 Å². The first-order valence-corrected chi connectivity index (χ1v) is 8.76. The van der Waals surface area contributed by atoms with E-state index in [4.69, 9.17) is 10.5 Å². The summed E-state index contributed by atoms with van der Waals surface area (Å²) in [5.41, 5.74) is 6.64. The van der Waals surface area contributed by atoms with E-state index in [0.29, 0.717) is 36.4 Å². The summed E-state index contributed by atoms with van der Waals surface area (Å²) in [7, 11) is -2.93. The fraction of sp³-hybridized carbons (Fsp3) is 0.500. The largest absolute Gasteiger partial charge is 0.494 e. The number of nitrogen functional groups attached to an aromatic ring is 1. The van der Waals surface area contributed by atoms with Gasteiger partial charge in [0.2, 0.25) is 0 Å². The van der Waals surface area contributed by atoms with Crippen LogP contribution in [0.1, 0.15) is 30.1 Å². The SMILES string of the molecule is CCOc1cc(N)cc(C(=O)NC2CCS(=O)(=O)CC2)c1. The van der Waals surface area contributed by atoms with E-state index in [1.807, 2.05) is 6.92 Å². The van der Waals surface area contributed by atoms with Crippen LogP contribution in [-0.2, 0) is 9.84 Å². The Hall–Kier alpha value is -1.76. The number of amides is 1. The number of hydrogen-bond donors (Lipinski definition) is 2. The molecule has 0 spiro atoms. The maximum atomic E-state index is 12.2. The fourth-order valence-electron chi connectivity index (χ4n) is 2.31. The smallest absolute Gasteiger partial charge is 0.251 e. The highest BCUT2D eigenvalue weighted by Gasteiger charge is 2.25. The molecule has 1 saturated heterocycles. The molecule has 0 unspecified atom stereocenters. The lowest BCUT2D eigenvalue weighted by Crippen LogP contribution is -2.40. The molecule has 7 heteroatoms. The minimum Gasteiger partial charge on any atom is -0.494 e. The van der Waals surface area contributed by atoms with E-state index in [9.17, 15) is 13.2 Å². The van der Waals surface area contributed by atoms with Gasteiger partial charge in [-0.1, -0.05) is 0 Å². The molecule has 3 N–H and O–H groups in total. The average molecular weight is 312 g/mol. The first kappa shape index (κ1) is 15.6. The van der Waals surface area contributed by atoms with Crippen LogP contribution in [-0.4, -0.2) is 38.5 Å². The molecule has 2 rings (SSSR count). The lowest BCUT2D eigenvalue weighted by molar-refractivity contribution is 0.0934. The van der Waals surface area contributed by atoms with Crippen LogP contribution in [0.5, 0.6) is 5.75 Å². The van der Waals surface area contributed by atoms with Gasteiger partial charge in [0, 0.05) is 23.4 Å². The van der Waals surface area contributed by atoms with Crippen molar-refractivity contribution in [1.82, 2.24) is 5.32 Å². The van der Waals surface area contributed by atoms with Crippen molar-refractivity contribution in [1.29, 1.82) is 0 Å². The number of benzene rings is 1. The number of ether oxygens (including phenoxy) is 1. The Morgan fingerprint density at radius 2 is 2.00 bits per heavy atom. The molecule has 0 atom stereocenters. The number of nitrogens with one attached hydrogen (secondary N) is 1. The Morgan fingerprint density at radius 1 is 1.33 bits per heavy atom. The van der Waals surface area contributed by atoms with Gasteiger partial charge in [0.25, 0.3) is 5.91 Å². The Bertz CT molecular complexity index is 614. The molecule has 0 saturated carbocycles. The lowest BCUT2D eigenvalue weighted by Gasteiger charge is -2.23. The molecule has 1 heterocycles. The number of hydrogen-bond acceptors (Lipinski definition) is 5. The molecule has 0 aromatic heterocycles. The van der Waals surface area contributed by atoms with Crippen molar-refractivity contribution in [3.63, 3.8) is 0 Å². The van der Waals surface area contributed by atoms with Crippen molar-refractivity contribution in [2.45, 2.75) is 25.8 Å². The Morgan fingerprint density at radius 3 is 2.62 bits per heavy atom. The minimum atomic E-state index is -2.93. The molecule has 6 nitrogen and oxygen atoms in total. The minimum absolute atomic E-state index is 0.113. The predicted octanol–water partition coefficient (Wildman–Crippen LogP) is 0.974. The van der Waals surface area contributed by atoms with E-state index in [0.717, 1.165) is 0 Å². The van der Waals surface area contributed by atoms with E-state index < -0.39 is 9.84 Å². The van der Waals surface area contributed by atoms with Gasteiger partial charge in [-0.2, -0.15) is 0 Å². The zero-order valence-corrected chi connectivity index (χ0v) is 12.8. The highest BCUT2D eigenvalue weighted by atomic mass is 32.2. The third-order valence-electron chi connectivity index (χ3n) is 3.39. The Kier molecular flexibility index (Phi) is 4.72. The quantitative estimate of drug-likeness (QED) is 0.807. The second kappa shape index (κ2) is 6.34. The molecule has 1 amide bonds. The van der Waals surface area contributed by atoms with E-state index in [2.05, 4.69) is 5.32 Å². The van der Waals surface area contributed by atoms with Gasteiger partial charge in [-0.25, -0.2) is 8.42 Å². The lowest BCUT2D eigenvalue weighted by atomic mass is 10.1. The van der Waals surface area contributed by atoms with Crippen LogP contribution in [0.4, 0.5) is 5.69 Å². The van der Waals surface area contributed by atoms with Gasteiger partial charge in [0.15, 0.2) is 0 Å². The zero-order valence-electron chi connectivity index (χ0n) is 12.0. The Balaban J connectivity index is 2.03. The molecule has 21 heavy (non-hydrogen) atoms. The summed E-state index contributed by atoms with van der Waals surface area (Å²) in [4.78, 5) is 12.2. The van der Waals surface area contributed by atoms with E-state index in [-0.39, 0.29) is 23.5 Å². The second-order valence-corrected chi connectivity index (χ2v) is 7.43. The van der Waals surface area contributed by atoms with Crippen molar-refractivity contribution in [3.05, 3.63) is 23.8 Å². The number of rotatable bonds is 4. The highest BCUT2D eigenvalue weighted by Crippen LogP contribution is 2.20. The zero-order chi connectivity index (χ0) is 15.5. The molecule has 1 aliphatic rings. The maximum absolute atomic E-state index is 12.2. The van der Waals surface area contributed by atoms with Gasteiger partial charge >= 0.3 is 0 Å². The van der Waals surface area contributed by atoms with Crippen molar-refractivity contribution < 1.29 is 17.9 Å². The third kappa shape index (κ3) is 4.35. The standard InChI is InChI=1S/C14H20N2O4S/c1-2-20-13-8-10(7-11(15)9-13)14(17)16-12-3-5-21(18,19)6-4-12/h7-9,12H,2-6,15H2,1H3,(H,16,17). The number of carbonyl (C=O) groups is 1. The molecule has 0 radical (unpaired) electrons. The first-order valence-electron chi connectivity index (χ1n) is 6.94. The number of nitrogens with two attached hydrogens (primary N) is 1. The average Bonchev–Trinajstić information content (AvgIpc) is 2.41. The summed E-state index contributed by atoms with van der Waals surface area (Å²) in [6, 6.07) is 4.76. The van der Waals surface area contributed by atoms with Crippen LogP contribution in [0.15, 0.2) is 18.2 Å². The van der Waals surface area contributed by atoms with Gasteiger partial charge in [-0.15, -0.1) is 0 Å². The summed E-state index contributed by atoms with van der Waals surface area (Å²) >= 11 is 0. The summed E-state index contributed by atoms with van der Waals surface area (Å²) in [5, 5.41) is 2.85. The molecular weight excluding hydrogens is 292 g/mol. The van der Waals surface area contributed by atoms with Crippen molar-refractivity contribution in [2.24, 2.45) is 0 Å². The summed E-state index contributed by atoms with van der Waals surface area (Å²) in [6.07, 6.45) is 0.906. The number of sulfone groups is 1. The van der Waals surface area contributed by atoms with E-state index in [1.54, 1.807) is 18.2 Å². The van der Waals surface area contributed by atoms with Crippen molar-refractivity contribution >= 4 is 21.4 Å². The summed E-state index contributed by atoms with van der Waals surface area (Å²) in [5.74, 6) is 0.541. The van der Waals surface area contributed by atoms with E-state index in [1.165, 1.54) is 0 Å². The van der Waals surface area contributed by atoms with Crippen LogP contribution < -0.4 is 15.8 Å². The molecule has 1 aliphatic heterocycles. The van der Waals surface area contributed by atoms with Crippen LogP contribution in [0.2, 0.25) is 0 Å². The van der Waals surface area contributed by atoms with E-state index >= 15 is 0 Å².